The van der Waals surface area contributed by atoms with E-state index in [-0.39, 0.29) is 5.91 Å². The van der Waals surface area contributed by atoms with E-state index in [4.69, 9.17) is 21.1 Å². The summed E-state index contributed by atoms with van der Waals surface area (Å²) < 4.78 is 11.7. The fourth-order valence-electron chi connectivity index (χ4n) is 2.87. The van der Waals surface area contributed by atoms with Gasteiger partial charge in [-0.05, 0) is 43.3 Å². The van der Waals surface area contributed by atoms with Gasteiger partial charge in [-0.15, -0.1) is 0 Å². The highest BCUT2D eigenvalue weighted by molar-refractivity contribution is 6.31. The zero-order valence-electron chi connectivity index (χ0n) is 15.9. The lowest BCUT2D eigenvalue weighted by Gasteiger charge is -2.25. The first kappa shape index (κ1) is 19.8. The van der Waals surface area contributed by atoms with Crippen LogP contribution in [0.25, 0.3) is 0 Å². The van der Waals surface area contributed by atoms with Crippen molar-refractivity contribution in [2.45, 2.75) is 20.4 Å². The SMILES string of the molecule is CCOc1ccccc1CN(C(C)=O)c1cc(Cl)ccc1Oc1ccccc1. The largest absolute Gasteiger partial charge is 0.494 e. The van der Waals surface area contributed by atoms with Crippen molar-refractivity contribution in [3.05, 3.63) is 83.4 Å². The summed E-state index contributed by atoms with van der Waals surface area (Å²) in [5, 5.41) is 0.528. The monoisotopic (exact) mass is 395 g/mol. The third-order valence-electron chi connectivity index (χ3n) is 4.16. The Morgan fingerprint density at radius 2 is 1.68 bits per heavy atom. The molecule has 0 fully saturated rings. The maximum absolute atomic E-state index is 12.5. The van der Waals surface area contributed by atoms with E-state index >= 15 is 0 Å². The van der Waals surface area contributed by atoms with Crippen molar-refractivity contribution in [1.29, 1.82) is 0 Å². The summed E-state index contributed by atoms with van der Waals surface area (Å²) in [4.78, 5) is 14.2. The quantitative estimate of drug-likeness (QED) is 0.486. The van der Waals surface area contributed by atoms with Crippen LogP contribution in [-0.2, 0) is 11.3 Å². The van der Waals surface area contributed by atoms with Gasteiger partial charge < -0.3 is 14.4 Å². The number of hydrogen-bond acceptors (Lipinski definition) is 3. The molecule has 0 spiro atoms. The maximum atomic E-state index is 12.5. The van der Waals surface area contributed by atoms with Gasteiger partial charge in [0.25, 0.3) is 0 Å². The normalized spacial score (nSPS) is 10.4. The first-order valence-electron chi connectivity index (χ1n) is 9.09. The number of rotatable bonds is 7. The van der Waals surface area contributed by atoms with Crippen molar-refractivity contribution in [2.75, 3.05) is 11.5 Å². The molecule has 0 saturated carbocycles. The highest BCUT2D eigenvalue weighted by Gasteiger charge is 2.19. The van der Waals surface area contributed by atoms with Crippen LogP contribution in [0.1, 0.15) is 19.4 Å². The van der Waals surface area contributed by atoms with Crippen LogP contribution in [0.2, 0.25) is 5.02 Å². The Balaban J connectivity index is 1.98. The lowest BCUT2D eigenvalue weighted by molar-refractivity contribution is -0.116. The minimum Gasteiger partial charge on any atom is -0.494 e. The predicted molar refractivity (Wildman–Crippen MR) is 112 cm³/mol. The van der Waals surface area contributed by atoms with Crippen LogP contribution in [-0.4, -0.2) is 12.5 Å². The first-order chi connectivity index (χ1) is 13.6. The van der Waals surface area contributed by atoms with Gasteiger partial charge in [-0.25, -0.2) is 0 Å². The topological polar surface area (TPSA) is 38.8 Å². The Morgan fingerprint density at radius 3 is 2.39 bits per heavy atom. The van der Waals surface area contributed by atoms with Crippen molar-refractivity contribution < 1.29 is 14.3 Å². The lowest BCUT2D eigenvalue weighted by atomic mass is 10.1. The summed E-state index contributed by atoms with van der Waals surface area (Å²) in [7, 11) is 0. The highest BCUT2D eigenvalue weighted by Crippen LogP contribution is 2.36. The fourth-order valence-corrected chi connectivity index (χ4v) is 3.04. The molecule has 0 bridgehead atoms. The zero-order valence-corrected chi connectivity index (χ0v) is 16.6. The van der Waals surface area contributed by atoms with E-state index in [9.17, 15) is 4.79 Å². The van der Waals surface area contributed by atoms with Gasteiger partial charge in [0.05, 0.1) is 18.8 Å². The minimum atomic E-state index is -0.119. The molecule has 0 aliphatic rings. The zero-order chi connectivity index (χ0) is 19.9. The Morgan fingerprint density at radius 1 is 0.964 bits per heavy atom. The molecule has 0 aromatic heterocycles. The molecule has 0 aliphatic carbocycles. The Labute approximate surface area is 170 Å². The van der Waals surface area contributed by atoms with Crippen molar-refractivity contribution in [2.24, 2.45) is 0 Å². The summed E-state index contributed by atoms with van der Waals surface area (Å²) in [6, 6.07) is 22.4. The van der Waals surface area contributed by atoms with Crippen LogP contribution in [0.4, 0.5) is 5.69 Å². The molecular weight excluding hydrogens is 374 g/mol. The Hall–Kier alpha value is -2.98. The number of nitrogens with zero attached hydrogens (tertiary/aromatic N) is 1. The molecule has 3 aromatic rings. The van der Waals surface area contributed by atoms with Crippen LogP contribution in [0.15, 0.2) is 72.8 Å². The van der Waals surface area contributed by atoms with Crippen molar-refractivity contribution in [3.8, 4) is 17.2 Å². The van der Waals surface area contributed by atoms with E-state index in [1.807, 2.05) is 61.5 Å². The molecule has 0 saturated heterocycles. The summed E-state index contributed by atoms with van der Waals surface area (Å²) in [5.74, 6) is 1.87. The van der Waals surface area contributed by atoms with E-state index in [2.05, 4.69) is 0 Å². The third kappa shape index (κ3) is 4.84. The number of ether oxygens (including phenoxy) is 2. The molecule has 28 heavy (non-hydrogen) atoms. The molecular formula is C23H22ClNO3. The molecule has 0 N–H and O–H groups in total. The second-order valence-corrected chi connectivity index (χ2v) is 6.61. The molecule has 0 unspecified atom stereocenters. The lowest BCUT2D eigenvalue weighted by Crippen LogP contribution is -2.28. The number of amides is 1. The van der Waals surface area contributed by atoms with Crippen molar-refractivity contribution in [3.63, 3.8) is 0 Å². The standard InChI is InChI=1S/C23H22ClNO3/c1-3-27-22-12-8-7-9-18(22)16-25(17(2)26)21-15-19(24)13-14-23(21)28-20-10-5-4-6-11-20/h4-15H,3,16H2,1-2H3. The molecule has 0 heterocycles. The van der Waals surface area contributed by atoms with Gasteiger partial charge in [0.1, 0.15) is 11.5 Å². The van der Waals surface area contributed by atoms with E-state index in [1.165, 1.54) is 6.92 Å². The number of benzene rings is 3. The minimum absolute atomic E-state index is 0.119. The van der Waals surface area contributed by atoms with Gasteiger partial charge in [-0.1, -0.05) is 48.0 Å². The predicted octanol–water partition coefficient (Wildman–Crippen LogP) is 6.08. The van der Waals surface area contributed by atoms with Crippen molar-refractivity contribution in [1.82, 2.24) is 0 Å². The van der Waals surface area contributed by atoms with E-state index in [0.717, 1.165) is 11.3 Å². The second-order valence-electron chi connectivity index (χ2n) is 6.17. The number of carbonyl (C=O) groups is 1. The van der Waals surface area contributed by atoms with Crippen LogP contribution < -0.4 is 14.4 Å². The van der Waals surface area contributed by atoms with Gasteiger partial charge in [0, 0.05) is 17.5 Å². The second kappa shape index (κ2) is 9.29. The maximum Gasteiger partial charge on any atom is 0.224 e. The van der Waals surface area contributed by atoms with Crippen molar-refractivity contribution >= 4 is 23.2 Å². The fraction of sp³-hybridized carbons (Fsp3) is 0.174. The van der Waals surface area contributed by atoms with Crippen LogP contribution >= 0.6 is 11.6 Å². The summed E-state index contributed by atoms with van der Waals surface area (Å²) >= 11 is 6.23. The summed E-state index contributed by atoms with van der Waals surface area (Å²) in [5.41, 5.74) is 1.51. The number of carbonyl (C=O) groups excluding carboxylic acids is 1. The average molecular weight is 396 g/mol. The van der Waals surface area contributed by atoms with Crippen LogP contribution in [0, 0.1) is 0 Å². The van der Waals surface area contributed by atoms with Gasteiger partial charge in [-0.3, -0.25) is 4.79 Å². The molecule has 0 atom stereocenters. The van der Waals surface area contributed by atoms with Gasteiger partial charge in [0.15, 0.2) is 5.75 Å². The van der Waals surface area contributed by atoms with E-state index in [1.54, 1.807) is 23.1 Å². The molecule has 1 amide bonds. The first-order valence-corrected chi connectivity index (χ1v) is 9.47. The molecule has 0 radical (unpaired) electrons. The number of anilines is 1. The smallest absolute Gasteiger partial charge is 0.224 e. The summed E-state index contributed by atoms with van der Waals surface area (Å²) in [6.07, 6.45) is 0. The number of halogens is 1. The average Bonchev–Trinajstić information content (AvgIpc) is 2.69. The van der Waals surface area contributed by atoms with Crippen LogP contribution in [0.5, 0.6) is 17.2 Å². The molecule has 144 valence electrons. The highest BCUT2D eigenvalue weighted by atomic mass is 35.5. The van der Waals surface area contributed by atoms with E-state index < -0.39 is 0 Å². The molecule has 3 rings (SSSR count). The van der Waals surface area contributed by atoms with Gasteiger partial charge in [-0.2, -0.15) is 0 Å². The molecule has 5 heteroatoms. The summed E-state index contributed by atoms with van der Waals surface area (Å²) in [6.45, 7) is 4.35. The number of para-hydroxylation sites is 2. The van der Waals surface area contributed by atoms with Crippen LogP contribution in [0.3, 0.4) is 0 Å². The molecule has 4 nitrogen and oxygen atoms in total. The molecule has 3 aromatic carbocycles. The van der Waals surface area contributed by atoms with Gasteiger partial charge >= 0.3 is 0 Å². The van der Waals surface area contributed by atoms with E-state index in [0.29, 0.717) is 35.4 Å². The Bertz CT molecular complexity index is 944. The molecule has 0 aliphatic heterocycles. The van der Waals surface area contributed by atoms with Gasteiger partial charge in [0.2, 0.25) is 5.91 Å². The number of hydrogen-bond donors (Lipinski definition) is 0. The third-order valence-corrected chi connectivity index (χ3v) is 4.40. The Kier molecular flexibility index (Phi) is 6.56.